The Bertz CT molecular complexity index is 248. The lowest BCUT2D eigenvalue weighted by Gasteiger charge is -2.18. The SMILES string of the molecule is CCCC[Si](C)(C)OC.O=C(O)C1CC(O)CN1. The molecule has 5 nitrogen and oxygen atoms in total. The van der Waals surface area contributed by atoms with Gasteiger partial charge in [0.05, 0.1) is 6.10 Å². The predicted octanol–water partition coefficient (Wildman–Crippen LogP) is 1.43. The summed E-state index contributed by atoms with van der Waals surface area (Å²) in [5, 5.41) is 19.8. The summed E-state index contributed by atoms with van der Waals surface area (Å²) in [5.41, 5.74) is 0. The first-order chi connectivity index (χ1) is 8.32. The van der Waals surface area contributed by atoms with Crippen molar-refractivity contribution in [2.24, 2.45) is 0 Å². The molecule has 1 aliphatic rings. The smallest absolute Gasteiger partial charge is 0.320 e. The van der Waals surface area contributed by atoms with Crippen molar-refractivity contribution in [3.63, 3.8) is 0 Å². The molecule has 1 fully saturated rings. The average molecular weight is 277 g/mol. The van der Waals surface area contributed by atoms with Gasteiger partial charge in [-0.15, -0.1) is 0 Å². The number of carboxylic acids is 1. The lowest BCUT2D eigenvalue weighted by Crippen LogP contribution is -2.29. The maximum atomic E-state index is 10.2. The third-order valence-electron chi connectivity index (χ3n) is 3.09. The third-order valence-corrected chi connectivity index (χ3v) is 5.75. The van der Waals surface area contributed by atoms with Crippen molar-refractivity contribution >= 4 is 14.3 Å². The van der Waals surface area contributed by atoms with Gasteiger partial charge < -0.3 is 20.0 Å². The Balaban J connectivity index is 0.000000321. The van der Waals surface area contributed by atoms with E-state index in [0.29, 0.717) is 13.0 Å². The lowest BCUT2D eigenvalue weighted by atomic mass is 10.2. The van der Waals surface area contributed by atoms with Crippen molar-refractivity contribution in [1.29, 1.82) is 0 Å². The molecule has 0 saturated carbocycles. The minimum Gasteiger partial charge on any atom is -0.480 e. The summed E-state index contributed by atoms with van der Waals surface area (Å²) < 4.78 is 5.38. The number of carbonyl (C=O) groups is 1. The van der Waals surface area contributed by atoms with Gasteiger partial charge in [-0.3, -0.25) is 4.79 Å². The van der Waals surface area contributed by atoms with Gasteiger partial charge in [0.1, 0.15) is 6.04 Å². The lowest BCUT2D eigenvalue weighted by molar-refractivity contribution is -0.139. The molecule has 1 rings (SSSR count). The number of aliphatic hydroxyl groups excluding tert-OH is 1. The number of aliphatic hydroxyl groups is 1. The van der Waals surface area contributed by atoms with Crippen molar-refractivity contribution in [3.8, 4) is 0 Å². The van der Waals surface area contributed by atoms with E-state index in [1.807, 2.05) is 7.11 Å². The van der Waals surface area contributed by atoms with Crippen molar-refractivity contribution in [1.82, 2.24) is 5.32 Å². The van der Waals surface area contributed by atoms with Gasteiger partial charge in [0.2, 0.25) is 0 Å². The number of hydrogen-bond donors (Lipinski definition) is 3. The fourth-order valence-corrected chi connectivity index (χ4v) is 3.02. The van der Waals surface area contributed by atoms with Crippen molar-refractivity contribution in [2.75, 3.05) is 13.7 Å². The van der Waals surface area contributed by atoms with Crippen molar-refractivity contribution in [3.05, 3.63) is 0 Å². The molecule has 1 heterocycles. The minimum absolute atomic E-state index is 0.329. The zero-order valence-electron chi connectivity index (χ0n) is 11.9. The molecule has 3 N–H and O–H groups in total. The first kappa shape index (κ1) is 17.6. The first-order valence-electron chi connectivity index (χ1n) is 6.51. The van der Waals surface area contributed by atoms with Crippen LogP contribution >= 0.6 is 0 Å². The summed E-state index contributed by atoms with van der Waals surface area (Å²) in [6, 6.07) is 0.764. The van der Waals surface area contributed by atoms with Crippen molar-refractivity contribution < 1.29 is 19.4 Å². The van der Waals surface area contributed by atoms with Crippen LogP contribution in [0.15, 0.2) is 0 Å². The number of nitrogens with one attached hydrogen (secondary N) is 1. The summed E-state index contributed by atoms with van der Waals surface area (Å²) in [5.74, 6) is -0.883. The Kier molecular flexibility index (Phi) is 8.42. The van der Waals surface area contributed by atoms with E-state index in [1.54, 1.807) is 0 Å². The number of carboxylic acid groups (broad SMARTS) is 1. The Morgan fingerprint density at radius 1 is 1.50 bits per heavy atom. The molecule has 0 radical (unpaired) electrons. The summed E-state index contributed by atoms with van der Waals surface area (Å²) >= 11 is 0. The van der Waals surface area contributed by atoms with E-state index in [-0.39, 0.29) is 0 Å². The van der Waals surface area contributed by atoms with Crippen LogP contribution in [-0.4, -0.2) is 50.3 Å². The zero-order chi connectivity index (χ0) is 14.2. The summed E-state index contributed by atoms with van der Waals surface area (Å²) in [6.45, 7) is 7.16. The van der Waals surface area contributed by atoms with Gasteiger partial charge in [-0.25, -0.2) is 0 Å². The van der Waals surface area contributed by atoms with Crippen LogP contribution in [0.5, 0.6) is 0 Å². The van der Waals surface area contributed by atoms with E-state index in [1.165, 1.54) is 18.9 Å². The summed E-state index contributed by atoms with van der Waals surface area (Å²) in [4.78, 5) is 10.2. The van der Waals surface area contributed by atoms with Gasteiger partial charge >= 0.3 is 5.97 Å². The van der Waals surface area contributed by atoms with E-state index in [0.717, 1.165) is 0 Å². The molecule has 0 amide bonds. The van der Waals surface area contributed by atoms with Gasteiger partial charge in [0.25, 0.3) is 0 Å². The standard InChI is InChI=1S/C7H18OSi.C5H9NO3/c1-5-6-7-9(3,4)8-2;7-3-1-4(5(8)9)6-2-3/h5-7H2,1-4H3;3-4,6-7H,1-2H2,(H,8,9). The normalized spacial score (nSPS) is 23.4. The first-order valence-corrected chi connectivity index (χ1v) is 9.63. The number of unbranched alkanes of at least 4 members (excludes halogenated alkanes) is 1. The third kappa shape index (κ3) is 7.81. The molecule has 1 aliphatic heterocycles. The molecule has 1 saturated heterocycles. The largest absolute Gasteiger partial charge is 0.480 e. The fraction of sp³-hybridized carbons (Fsp3) is 0.917. The molecule has 0 aromatic heterocycles. The van der Waals surface area contributed by atoms with Gasteiger partial charge in [-0.2, -0.15) is 0 Å². The Morgan fingerprint density at radius 3 is 2.39 bits per heavy atom. The van der Waals surface area contributed by atoms with E-state index in [9.17, 15) is 4.79 Å². The van der Waals surface area contributed by atoms with Crippen LogP contribution in [-0.2, 0) is 9.22 Å². The molecule has 108 valence electrons. The van der Waals surface area contributed by atoms with E-state index in [4.69, 9.17) is 14.6 Å². The monoisotopic (exact) mass is 277 g/mol. The second-order valence-electron chi connectivity index (χ2n) is 5.26. The Hall–Kier alpha value is -0.433. The van der Waals surface area contributed by atoms with Crippen LogP contribution in [0.1, 0.15) is 26.2 Å². The topological polar surface area (TPSA) is 78.8 Å². The van der Waals surface area contributed by atoms with Crippen LogP contribution < -0.4 is 5.32 Å². The number of β-amino-alcohol motifs (C(OH)–C–C–N with tert-alkyl or cyclic N) is 1. The molecular weight excluding hydrogens is 250 g/mol. The van der Waals surface area contributed by atoms with Crippen molar-refractivity contribution in [2.45, 2.75) is 57.5 Å². The molecule has 0 bridgehead atoms. The highest BCUT2D eigenvalue weighted by molar-refractivity contribution is 6.71. The van der Waals surface area contributed by atoms with Gasteiger partial charge in [0.15, 0.2) is 8.32 Å². The molecule has 2 unspecified atom stereocenters. The van der Waals surface area contributed by atoms with Crippen LogP contribution in [0.3, 0.4) is 0 Å². The number of aliphatic carboxylic acids is 1. The fourth-order valence-electron chi connectivity index (χ4n) is 1.61. The summed E-state index contributed by atoms with van der Waals surface area (Å²) in [7, 11) is 0.637. The molecule has 2 atom stereocenters. The zero-order valence-corrected chi connectivity index (χ0v) is 12.9. The molecular formula is C12H27NO4Si. The number of rotatable bonds is 5. The van der Waals surface area contributed by atoms with E-state index in [2.05, 4.69) is 25.3 Å². The Morgan fingerprint density at radius 2 is 2.11 bits per heavy atom. The number of hydrogen-bond acceptors (Lipinski definition) is 4. The highest BCUT2D eigenvalue weighted by Crippen LogP contribution is 2.13. The molecule has 6 heteroatoms. The minimum atomic E-state index is -1.20. The van der Waals surface area contributed by atoms with Crippen LogP contribution in [0.2, 0.25) is 19.1 Å². The highest BCUT2D eigenvalue weighted by atomic mass is 28.4. The summed E-state index contributed by atoms with van der Waals surface area (Å²) in [6.07, 6.45) is 2.47. The maximum absolute atomic E-state index is 10.2. The van der Waals surface area contributed by atoms with Crippen LogP contribution in [0.25, 0.3) is 0 Å². The predicted molar refractivity (Wildman–Crippen MR) is 74.3 cm³/mol. The molecule has 0 aliphatic carbocycles. The molecule has 18 heavy (non-hydrogen) atoms. The second kappa shape index (κ2) is 8.63. The average Bonchev–Trinajstić information content (AvgIpc) is 2.74. The van der Waals surface area contributed by atoms with Gasteiger partial charge in [0, 0.05) is 20.1 Å². The highest BCUT2D eigenvalue weighted by Gasteiger charge is 2.27. The molecule has 0 spiro atoms. The van der Waals surface area contributed by atoms with Gasteiger partial charge in [-0.1, -0.05) is 19.8 Å². The van der Waals surface area contributed by atoms with Crippen LogP contribution in [0, 0.1) is 0 Å². The Labute approximate surface area is 111 Å². The molecule has 0 aromatic rings. The van der Waals surface area contributed by atoms with E-state index >= 15 is 0 Å². The van der Waals surface area contributed by atoms with Gasteiger partial charge in [-0.05, 0) is 19.1 Å². The van der Waals surface area contributed by atoms with Crippen LogP contribution in [0.4, 0.5) is 0 Å². The quantitative estimate of drug-likeness (QED) is 0.663. The maximum Gasteiger partial charge on any atom is 0.320 e. The second-order valence-corrected chi connectivity index (χ2v) is 9.68. The van der Waals surface area contributed by atoms with E-state index < -0.39 is 26.4 Å². The molecule has 0 aromatic carbocycles.